The van der Waals surface area contributed by atoms with Gasteiger partial charge in [-0.25, -0.2) is 9.50 Å². The number of rotatable bonds is 4. The fraction of sp³-hybridized carbons (Fsp3) is 0.471. The normalized spacial score (nSPS) is 17.1. The van der Waals surface area contributed by atoms with Crippen molar-refractivity contribution >= 4 is 16.3 Å². The lowest BCUT2D eigenvalue weighted by molar-refractivity contribution is 0.320. The highest BCUT2D eigenvalue weighted by Gasteiger charge is 2.26. The molecule has 132 valence electrons. The van der Waals surface area contributed by atoms with Crippen LogP contribution in [0.5, 0.6) is 5.75 Å². The third kappa shape index (κ3) is 3.01. The number of hydrogen-bond donors (Lipinski definition) is 2. The van der Waals surface area contributed by atoms with Crippen LogP contribution in [0.2, 0.25) is 0 Å². The lowest BCUT2D eigenvalue weighted by Gasteiger charge is -2.26. The van der Waals surface area contributed by atoms with E-state index in [9.17, 15) is 0 Å². The third-order valence-corrected chi connectivity index (χ3v) is 5.80. The molecule has 0 saturated carbocycles. The molecule has 1 unspecified atom stereocenters. The van der Waals surface area contributed by atoms with E-state index in [0.717, 1.165) is 52.9 Å². The predicted molar refractivity (Wildman–Crippen MR) is 97.9 cm³/mol. The van der Waals surface area contributed by atoms with Gasteiger partial charge in [0.25, 0.3) is 0 Å². The highest BCUT2D eigenvalue weighted by atomic mass is 32.1. The number of ether oxygens (including phenoxy) is 1. The van der Waals surface area contributed by atoms with Crippen molar-refractivity contribution in [3.63, 3.8) is 0 Å². The maximum absolute atomic E-state index is 6.51. The minimum Gasteiger partial charge on any atom is -0.495 e. The number of nitrogens with one attached hydrogen (secondary N) is 1. The van der Waals surface area contributed by atoms with Crippen molar-refractivity contribution in [2.24, 2.45) is 11.7 Å². The molecule has 1 atom stereocenters. The number of piperidine rings is 1. The Kier molecular flexibility index (Phi) is 4.41. The summed E-state index contributed by atoms with van der Waals surface area (Å²) in [5, 5.41) is 9.13. The van der Waals surface area contributed by atoms with Gasteiger partial charge in [0.15, 0.2) is 0 Å². The van der Waals surface area contributed by atoms with Crippen LogP contribution in [0, 0.1) is 12.8 Å². The fourth-order valence-electron chi connectivity index (χ4n) is 3.39. The first-order valence-electron chi connectivity index (χ1n) is 8.49. The van der Waals surface area contributed by atoms with E-state index in [2.05, 4.69) is 15.3 Å². The number of fused-ring (bicyclic) bond motifs is 1. The van der Waals surface area contributed by atoms with Crippen LogP contribution in [0.1, 0.15) is 29.6 Å². The van der Waals surface area contributed by atoms with Crippen LogP contribution >= 0.6 is 11.3 Å². The first-order valence-corrected chi connectivity index (χ1v) is 9.31. The van der Waals surface area contributed by atoms with Crippen molar-refractivity contribution in [3.8, 4) is 17.0 Å². The minimum atomic E-state index is -0.0367. The summed E-state index contributed by atoms with van der Waals surface area (Å²) in [5.41, 5.74) is 9.33. The van der Waals surface area contributed by atoms with Crippen molar-refractivity contribution in [2.45, 2.75) is 25.8 Å². The second-order valence-corrected chi connectivity index (χ2v) is 7.39. The fourth-order valence-corrected chi connectivity index (χ4v) is 4.43. The molecule has 1 aliphatic rings. The van der Waals surface area contributed by atoms with Gasteiger partial charge in [-0.3, -0.25) is 4.98 Å². The topological polar surface area (TPSA) is 90.4 Å². The van der Waals surface area contributed by atoms with E-state index >= 15 is 0 Å². The molecule has 4 rings (SSSR count). The van der Waals surface area contributed by atoms with Gasteiger partial charge in [-0.15, -0.1) is 0 Å². The first-order chi connectivity index (χ1) is 12.2. The SMILES string of the molecule is COc1cncc(-c2c(C)nc3sc(C(N)C4CCNCC4)nn23)c1. The smallest absolute Gasteiger partial charge is 0.213 e. The van der Waals surface area contributed by atoms with Crippen molar-refractivity contribution in [2.75, 3.05) is 20.2 Å². The largest absolute Gasteiger partial charge is 0.495 e. The highest BCUT2D eigenvalue weighted by Crippen LogP contribution is 2.33. The number of pyridine rings is 1. The maximum Gasteiger partial charge on any atom is 0.213 e. The summed E-state index contributed by atoms with van der Waals surface area (Å²) in [6, 6.07) is 1.92. The summed E-state index contributed by atoms with van der Waals surface area (Å²) in [4.78, 5) is 9.80. The molecule has 8 heteroatoms. The monoisotopic (exact) mass is 358 g/mol. The quantitative estimate of drug-likeness (QED) is 0.743. The zero-order chi connectivity index (χ0) is 17.4. The van der Waals surface area contributed by atoms with Crippen LogP contribution in [0.3, 0.4) is 0 Å². The molecule has 1 aliphatic heterocycles. The Bertz CT molecular complexity index is 883. The molecule has 3 aromatic heterocycles. The number of nitrogens with zero attached hydrogens (tertiary/aromatic N) is 4. The van der Waals surface area contributed by atoms with E-state index < -0.39 is 0 Å². The van der Waals surface area contributed by atoms with E-state index in [1.54, 1.807) is 24.6 Å². The van der Waals surface area contributed by atoms with E-state index in [0.29, 0.717) is 11.7 Å². The molecule has 7 nitrogen and oxygen atoms in total. The van der Waals surface area contributed by atoms with Crippen molar-refractivity contribution < 1.29 is 4.74 Å². The van der Waals surface area contributed by atoms with Crippen molar-refractivity contribution in [1.82, 2.24) is 24.9 Å². The number of nitrogens with two attached hydrogens (primary N) is 1. The number of hydrogen-bond acceptors (Lipinski definition) is 7. The Hall–Kier alpha value is -2.03. The van der Waals surface area contributed by atoms with E-state index in [1.165, 1.54) is 0 Å². The molecule has 0 aromatic carbocycles. The Morgan fingerprint density at radius 2 is 2.16 bits per heavy atom. The van der Waals surface area contributed by atoms with Crippen LogP contribution in [-0.2, 0) is 0 Å². The van der Waals surface area contributed by atoms with Crippen LogP contribution in [0.25, 0.3) is 16.2 Å². The van der Waals surface area contributed by atoms with Gasteiger partial charge in [0.1, 0.15) is 10.8 Å². The summed E-state index contributed by atoms with van der Waals surface area (Å²) in [7, 11) is 1.64. The molecule has 25 heavy (non-hydrogen) atoms. The molecule has 0 spiro atoms. The second-order valence-electron chi connectivity index (χ2n) is 6.41. The number of aromatic nitrogens is 4. The van der Waals surface area contributed by atoms with Crippen LogP contribution in [0.15, 0.2) is 18.5 Å². The molecular formula is C17H22N6OS. The van der Waals surface area contributed by atoms with Crippen LogP contribution < -0.4 is 15.8 Å². The third-order valence-electron chi connectivity index (χ3n) is 4.79. The first kappa shape index (κ1) is 16.4. The maximum atomic E-state index is 6.51. The van der Waals surface area contributed by atoms with Gasteiger partial charge in [-0.05, 0) is 44.8 Å². The van der Waals surface area contributed by atoms with Gasteiger partial charge < -0.3 is 15.8 Å². The van der Waals surface area contributed by atoms with Gasteiger partial charge in [0.2, 0.25) is 4.96 Å². The molecule has 3 N–H and O–H groups in total. The standard InChI is InChI=1S/C17H22N6OS/c1-10-15(12-7-13(24-2)9-20-8-12)23-17(21-10)25-16(22-23)14(18)11-3-5-19-6-4-11/h7-9,11,14,19H,3-6,18H2,1-2H3. The molecule has 1 fully saturated rings. The van der Waals surface area contributed by atoms with Crippen molar-refractivity contribution in [3.05, 3.63) is 29.2 Å². The summed E-state index contributed by atoms with van der Waals surface area (Å²) in [6.45, 7) is 4.05. The summed E-state index contributed by atoms with van der Waals surface area (Å²) >= 11 is 1.58. The molecule has 4 heterocycles. The van der Waals surface area contributed by atoms with Crippen molar-refractivity contribution in [1.29, 1.82) is 0 Å². The lowest BCUT2D eigenvalue weighted by Crippen LogP contribution is -2.33. The lowest BCUT2D eigenvalue weighted by atomic mass is 9.91. The van der Waals surface area contributed by atoms with Crippen LogP contribution in [-0.4, -0.2) is 39.8 Å². The predicted octanol–water partition coefficient (Wildman–Crippen LogP) is 2.17. The molecule has 0 radical (unpaired) electrons. The molecule has 3 aromatic rings. The van der Waals surface area contributed by atoms with E-state index in [4.69, 9.17) is 15.6 Å². The molecule has 0 amide bonds. The molecular weight excluding hydrogens is 336 g/mol. The summed E-state index contributed by atoms with van der Waals surface area (Å²) < 4.78 is 7.19. The molecule has 0 aliphatic carbocycles. The van der Waals surface area contributed by atoms with E-state index in [1.807, 2.05) is 23.7 Å². The zero-order valence-corrected chi connectivity index (χ0v) is 15.2. The van der Waals surface area contributed by atoms with E-state index in [-0.39, 0.29) is 6.04 Å². The average molecular weight is 358 g/mol. The Balaban J connectivity index is 1.73. The number of imidazole rings is 1. The van der Waals surface area contributed by atoms with Crippen LogP contribution in [0.4, 0.5) is 0 Å². The van der Waals surface area contributed by atoms with Gasteiger partial charge in [0.05, 0.1) is 30.7 Å². The Morgan fingerprint density at radius 1 is 1.36 bits per heavy atom. The zero-order valence-electron chi connectivity index (χ0n) is 14.4. The minimum absolute atomic E-state index is 0.0367. The summed E-state index contributed by atoms with van der Waals surface area (Å²) in [5.74, 6) is 1.19. The van der Waals surface area contributed by atoms with Gasteiger partial charge in [-0.1, -0.05) is 11.3 Å². The molecule has 0 bridgehead atoms. The Morgan fingerprint density at radius 3 is 2.92 bits per heavy atom. The number of aryl methyl sites for hydroxylation is 1. The second kappa shape index (κ2) is 6.70. The Labute approximate surface area is 150 Å². The average Bonchev–Trinajstić information content (AvgIpc) is 3.18. The summed E-state index contributed by atoms with van der Waals surface area (Å²) in [6.07, 6.45) is 5.69. The molecule has 1 saturated heterocycles. The van der Waals surface area contributed by atoms with Gasteiger partial charge in [-0.2, -0.15) is 5.10 Å². The van der Waals surface area contributed by atoms with Gasteiger partial charge >= 0.3 is 0 Å². The van der Waals surface area contributed by atoms with Gasteiger partial charge in [0, 0.05) is 11.8 Å². The highest BCUT2D eigenvalue weighted by molar-refractivity contribution is 7.16. The number of methoxy groups -OCH3 is 1.